The molecule has 1 heterocycles. The molecule has 0 saturated carbocycles. The van der Waals surface area contributed by atoms with Crippen LogP contribution >= 0.6 is 23.2 Å². The Kier molecular flexibility index (Phi) is 5.48. The zero-order chi connectivity index (χ0) is 21.3. The second-order valence-corrected chi connectivity index (χ2v) is 7.39. The molecule has 0 N–H and O–H groups in total. The Balaban J connectivity index is 1.80. The Morgan fingerprint density at radius 3 is 1.53 bits per heavy atom. The van der Waals surface area contributed by atoms with Gasteiger partial charge in [0.25, 0.3) is 11.8 Å². The molecule has 1 fully saturated rings. The smallest absolute Gasteiger partial charge is 0.283 e. The summed E-state index contributed by atoms with van der Waals surface area (Å²) in [4.78, 5) is 26.6. The average molecular weight is 439 g/mol. The number of ether oxygens (including phenoxy) is 1. The summed E-state index contributed by atoms with van der Waals surface area (Å²) < 4.78 is 5.16. The number of halogens is 2. The maximum Gasteiger partial charge on any atom is 0.283 e. The van der Waals surface area contributed by atoms with Gasteiger partial charge < -0.3 is 4.74 Å². The van der Waals surface area contributed by atoms with Gasteiger partial charge in [-0.2, -0.15) is 0 Å². The van der Waals surface area contributed by atoms with Crippen molar-refractivity contribution in [3.63, 3.8) is 0 Å². The van der Waals surface area contributed by atoms with Crippen molar-refractivity contribution in [2.75, 3.05) is 17.1 Å². The van der Waals surface area contributed by atoms with Gasteiger partial charge in [-0.05, 0) is 72.3 Å². The third kappa shape index (κ3) is 3.77. The van der Waals surface area contributed by atoms with E-state index in [4.69, 9.17) is 27.9 Å². The molecule has 0 unspecified atom stereocenters. The fourth-order valence-electron chi connectivity index (χ4n) is 3.12. The van der Waals surface area contributed by atoms with E-state index in [1.54, 1.807) is 86.0 Å². The van der Waals surface area contributed by atoms with Crippen molar-refractivity contribution in [3.8, 4) is 5.75 Å². The summed E-state index contributed by atoms with van der Waals surface area (Å²) in [6.45, 7) is 0. The molecule has 1 aliphatic heterocycles. The number of hydrogen-bond acceptors (Lipinski definition) is 3. The SMILES string of the molecule is COc1ccc(C=C2C(=O)N(c3ccc(Cl)cc3)N(c3ccc(Cl)cc3)C2=O)cc1. The summed E-state index contributed by atoms with van der Waals surface area (Å²) >= 11 is 12.0. The quantitative estimate of drug-likeness (QED) is 0.405. The number of nitrogens with zero attached hydrogens (tertiary/aromatic N) is 2. The van der Waals surface area contributed by atoms with Crippen LogP contribution in [0.1, 0.15) is 5.56 Å². The van der Waals surface area contributed by atoms with Gasteiger partial charge in [-0.1, -0.05) is 35.3 Å². The molecule has 0 bridgehead atoms. The Morgan fingerprint density at radius 2 is 1.13 bits per heavy atom. The van der Waals surface area contributed by atoms with Crippen LogP contribution in [-0.4, -0.2) is 18.9 Å². The van der Waals surface area contributed by atoms with E-state index in [2.05, 4.69) is 0 Å². The van der Waals surface area contributed by atoms with Crippen molar-refractivity contribution in [1.29, 1.82) is 0 Å². The first-order valence-electron chi connectivity index (χ1n) is 9.03. The predicted molar refractivity (Wildman–Crippen MR) is 119 cm³/mol. The van der Waals surface area contributed by atoms with Crippen LogP contribution in [0.3, 0.4) is 0 Å². The highest BCUT2D eigenvalue weighted by Crippen LogP contribution is 2.33. The second kappa shape index (κ2) is 8.22. The number of anilines is 2. The largest absolute Gasteiger partial charge is 0.497 e. The lowest BCUT2D eigenvalue weighted by atomic mass is 10.1. The molecule has 3 aromatic carbocycles. The molecule has 2 amide bonds. The molecule has 0 aliphatic carbocycles. The van der Waals surface area contributed by atoms with Gasteiger partial charge in [0.2, 0.25) is 0 Å². The van der Waals surface area contributed by atoms with Crippen LogP contribution in [0.15, 0.2) is 78.4 Å². The zero-order valence-corrected chi connectivity index (χ0v) is 17.4. The Hall–Kier alpha value is -3.28. The molecule has 150 valence electrons. The molecule has 5 nitrogen and oxygen atoms in total. The zero-order valence-electron chi connectivity index (χ0n) is 15.9. The maximum atomic E-state index is 13.3. The lowest BCUT2D eigenvalue weighted by Gasteiger charge is -2.27. The Labute approximate surface area is 183 Å². The molecule has 0 aromatic heterocycles. The molecule has 7 heteroatoms. The van der Waals surface area contributed by atoms with Crippen molar-refractivity contribution in [1.82, 2.24) is 0 Å². The van der Waals surface area contributed by atoms with E-state index in [-0.39, 0.29) is 5.57 Å². The normalized spacial score (nSPS) is 13.8. The van der Waals surface area contributed by atoms with Crippen LogP contribution in [0.4, 0.5) is 11.4 Å². The third-order valence-electron chi connectivity index (χ3n) is 4.61. The van der Waals surface area contributed by atoms with Crippen molar-refractivity contribution in [2.45, 2.75) is 0 Å². The van der Waals surface area contributed by atoms with Gasteiger partial charge in [-0.15, -0.1) is 0 Å². The topological polar surface area (TPSA) is 49.9 Å². The van der Waals surface area contributed by atoms with E-state index < -0.39 is 11.8 Å². The number of hydrogen-bond donors (Lipinski definition) is 0. The summed E-state index contributed by atoms with van der Waals surface area (Å²) in [5, 5.41) is 3.72. The first-order chi connectivity index (χ1) is 14.5. The summed E-state index contributed by atoms with van der Waals surface area (Å²) in [6.07, 6.45) is 1.57. The van der Waals surface area contributed by atoms with E-state index in [0.717, 1.165) is 0 Å². The summed E-state index contributed by atoms with van der Waals surface area (Å²) in [5.74, 6) is -0.187. The molecule has 0 radical (unpaired) electrons. The van der Waals surface area contributed by atoms with Crippen molar-refractivity contribution in [2.24, 2.45) is 0 Å². The second-order valence-electron chi connectivity index (χ2n) is 6.52. The first kappa shape index (κ1) is 20.0. The lowest BCUT2D eigenvalue weighted by molar-refractivity contribution is -0.116. The fraction of sp³-hybridized carbons (Fsp3) is 0.0435. The number of rotatable bonds is 4. The van der Waals surface area contributed by atoms with Crippen molar-refractivity contribution in [3.05, 3.63) is 94.0 Å². The molecule has 0 spiro atoms. The number of hydrazine groups is 1. The van der Waals surface area contributed by atoms with Gasteiger partial charge in [0.1, 0.15) is 11.3 Å². The number of carbonyl (C=O) groups is 2. The van der Waals surface area contributed by atoms with Gasteiger partial charge in [-0.3, -0.25) is 9.59 Å². The minimum absolute atomic E-state index is 0.0464. The van der Waals surface area contributed by atoms with Gasteiger partial charge in [0.05, 0.1) is 18.5 Å². The highest BCUT2D eigenvalue weighted by molar-refractivity contribution is 6.38. The van der Waals surface area contributed by atoms with Crippen LogP contribution in [-0.2, 0) is 9.59 Å². The van der Waals surface area contributed by atoms with E-state index in [9.17, 15) is 9.59 Å². The Bertz CT molecular complexity index is 1060. The van der Waals surface area contributed by atoms with Gasteiger partial charge >= 0.3 is 0 Å². The molecule has 30 heavy (non-hydrogen) atoms. The van der Waals surface area contributed by atoms with Gasteiger partial charge in [0.15, 0.2) is 0 Å². The van der Waals surface area contributed by atoms with Crippen LogP contribution in [0.25, 0.3) is 6.08 Å². The fourth-order valence-corrected chi connectivity index (χ4v) is 3.37. The molecular formula is C23H16Cl2N2O3. The number of amides is 2. The summed E-state index contributed by atoms with van der Waals surface area (Å²) in [6, 6.07) is 20.5. The molecule has 0 atom stereocenters. The predicted octanol–water partition coefficient (Wildman–Crippen LogP) is 5.38. The molecular weight excluding hydrogens is 423 g/mol. The number of carbonyl (C=O) groups excluding carboxylic acids is 2. The summed E-state index contributed by atoms with van der Waals surface area (Å²) in [5.41, 5.74) is 1.79. The first-order valence-corrected chi connectivity index (χ1v) is 9.79. The standard InChI is InChI=1S/C23H16Cl2N2O3/c1-30-20-12-2-15(3-13-20)14-21-22(28)26(18-8-4-16(24)5-9-18)27(23(21)29)19-10-6-17(25)7-11-19/h2-14H,1H3. The maximum absolute atomic E-state index is 13.3. The van der Waals surface area contributed by atoms with Crippen LogP contribution in [0, 0.1) is 0 Å². The van der Waals surface area contributed by atoms with E-state index >= 15 is 0 Å². The van der Waals surface area contributed by atoms with Crippen LogP contribution in [0.5, 0.6) is 5.75 Å². The van der Waals surface area contributed by atoms with Crippen molar-refractivity contribution >= 4 is 52.5 Å². The third-order valence-corrected chi connectivity index (χ3v) is 5.12. The molecule has 4 rings (SSSR count). The van der Waals surface area contributed by atoms with E-state index in [0.29, 0.717) is 32.7 Å². The van der Waals surface area contributed by atoms with E-state index in [1.165, 1.54) is 10.0 Å². The van der Waals surface area contributed by atoms with Crippen molar-refractivity contribution < 1.29 is 14.3 Å². The molecule has 3 aromatic rings. The number of methoxy groups -OCH3 is 1. The molecule has 1 saturated heterocycles. The minimum atomic E-state index is -0.437. The number of benzene rings is 3. The summed E-state index contributed by atoms with van der Waals surface area (Å²) in [7, 11) is 1.57. The monoisotopic (exact) mass is 438 g/mol. The average Bonchev–Trinajstić information content (AvgIpc) is 3.00. The highest BCUT2D eigenvalue weighted by Gasteiger charge is 2.42. The highest BCUT2D eigenvalue weighted by atomic mass is 35.5. The van der Waals surface area contributed by atoms with E-state index in [1.807, 2.05) is 0 Å². The minimum Gasteiger partial charge on any atom is -0.497 e. The van der Waals surface area contributed by atoms with Gasteiger partial charge in [0, 0.05) is 10.0 Å². The Morgan fingerprint density at radius 1 is 0.700 bits per heavy atom. The van der Waals surface area contributed by atoms with Gasteiger partial charge in [-0.25, -0.2) is 10.0 Å². The van der Waals surface area contributed by atoms with Crippen LogP contribution < -0.4 is 14.8 Å². The lowest BCUT2D eigenvalue weighted by Crippen LogP contribution is -2.41. The molecule has 1 aliphatic rings. The van der Waals surface area contributed by atoms with Crippen LogP contribution in [0.2, 0.25) is 10.0 Å².